The summed E-state index contributed by atoms with van der Waals surface area (Å²) in [5, 5.41) is 38.1. The average Bonchev–Trinajstić information content (AvgIpc) is 2.92. The van der Waals surface area contributed by atoms with E-state index in [-0.39, 0.29) is 22.3 Å². The van der Waals surface area contributed by atoms with Crippen molar-refractivity contribution in [2.45, 2.75) is 65.2 Å². The first-order valence-corrected chi connectivity index (χ1v) is 13.1. The molecule has 0 aliphatic carbocycles. The normalized spacial score (nSPS) is 11.5. The lowest BCUT2D eigenvalue weighted by atomic mass is 9.73. The molecular weight excluding hydrogens is 472 g/mol. The molecule has 0 aliphatic rings. The Balaban J connectivity index is 0.000000212. The molecule has 0 spiro atoms. The first-order valence-electron chi connectivity index (χ1n) is 13.1. The number of aryl methyl sites for hydroxylation is 2. The number of hydrogen-bond acceptors (Lipinski definition) is 4. The van der Waals surface area contributed by atoms with Gasteiger partial charge in [-0.1, -0.05) is 76.2 Å². The molecule has 0 saturated heterocycles. The number of aromatic hydroxyl groups is 4. The molecule has 0 saturated carbocycles. The number of rotatable bonds is 6. The summed E-state index contributed by atoms with van der Waals surface area (Å²) < 4.78 is 0. The number of benzene rings is 4. The lowest BCUT2D eigenvalue weighted by Crippen LogP contribution is -2.22. The highest BCUT2D eigenvalue weighted by atomic mass is 16.3. The van der Waals surface area contributed by atoms with Crippen molar-refractivity contribution in [1.82, 2.24) is 0 Å². The first kappa shape index (κ1) is 28.6. The van der Waals surface area contributed by atoms with Gasteiger partial charge in [-0.3, -0.25) is 0 Å². The Hall–Kier alpha value is -3.92. The number of phenols is 4. The summed E-state index contributed by atoms with van der Waals surface area (Å²) in [5.74, 6) is 1.22. The quantitative estimate of drug-likeness (QED) is 0.210. The van der Waals surface area contributed by atoms with Crippen LogP contribution in [0.25, 0.3) is 0 Å². The molecule has 200 valence electrons. The third-order valence-corrected chi connectivity index (χ3v) is 8.09. The molecule has 0 aromatic heterocycles. The van der Waals surface area contributed by atoms with Crippen molar-refractivity contribution in [3.05, 3.63) is 118 Å². The van der Waals surface area contributed by atoms with Crippen LogP contribution in [-0.2, 0) is 10.8 Å². The van der Waals surface area contributed by atoms with E-state index in [0.29, 0.717) is 11.5 Å². The molecule has 0 fully saturated rings. The molecule has 4 aromatic rings. The van der Waals surface area contributed by atoms with E-state index in [1.807, 2.05) is 62.4 Å². The fourth-order valence-electron chi connectivity index (χ4n) is 4.81. The summed E-state index contributed by atoms with van der Waals surface area (Å²) in [4.78, 5) is 0. The van der Waals surface area contributed by atoms with Crippen molar-refractivity contribution in [2.24, 2.45) is 0 Å². The Kier molecular flexibility index (Phi) is 8.78. The molecule has 0 unspecified atom stereocenters. The van der Waals surface area contributed by atoms with Gasteiger partial charge in [-0.05, 0) is 96.5 Å². The Morgan fingerprint density at radius 3 is 1.05 bits per heavy atom. The summed E-state index contributed by atoms with van der Waals surface area (Å²) in [6.07, 6.45) is 1.89. The molecular formula is C34H40O4. The second kappa shape index (κ2) is 11.6. The van der Waals surface area contributed by atoms with Crippen LogP contribution < -0.4 is 0 Å². The summed E-state index contributed by atoms with van der Waals surface area (Å²) in [6.45, 7) is 12.5. The van der Waals surface area contributed by atoms with E-state index in [4.69, 9.17) is 0 Å². The van der Waals surface area contributed by atoms with Gasteiger partial charge in [0.25, 0.3) is 0 Å². The third kappa shape index (κ3) is 5.96. The predicted octanol–water partition coefficient (Wildman–Crippen LogP) is 8.24. The van der Waals surface area contributed by atoms with Gasteiger partial charge in [0.1, 0.15) is 23.0 Å². The molecule has 38 heavy (non-hydrogen) atoms. The van der Waals surface area contributed by atoms with Gasteiger partial charge in [0.15, 0.2) is 0 Å². The second-order valence-electron chi connectivity index (χ2n) is 10.5. The lowest BCUT2D eigenvalue weighted by molar-refractivity contribution is 0.467. The zero-order chi connectivity index (χ0) is 28.1. The molecule has 4 heteroatoms. The van der Waals surface area contributed by atoms with Crippen molar-refractivity contribution in [3.8, 4) is 23.0 Å². The molecule has 4 aromatic carbocycles. The van der Waals surface area contributed by atoms with E-state index in [1.54, 1.807) is 36.4 Å². The monoisotopic (exact) mass is 512 g/mol. The highest BCUT2D eigenvalue weighted by Gasteiger charge is 2.28. The number of hydrogen-bond donors (Lipinski definition) is 4. The van der Waals surface area contributed by atoms with Crippen LogP contribution in [0.2, 0.25) is 0 Å². The highest BCUT2D eigenvalue weighted by Crippen LogP contribution is 2.38. The van der Waals surface area contributed by atoms with E-state index in [2.05, 4.69) is 27.7 Å². The lowest BCUT2D eigenvalue weighted by Gasteiger charge is -2.30. The van der Waals surface area contributed by atoms with Gasteiger partial charge in [-0.15, -0.1) is 0 Å². The van der Waals surface area contributed by atoms with Crippen LogP contribution in [0.1, 0.15) is 73.9 Å². The van der Waals surface area contributed by atoms with E-state index < -0.39 is 0 Å². The minimum Gasteiger partial charge on any atom is -0.508 e. The van der Waals surface area contributed by atoms with Crippen molar-refractivity contribution in [1.29, 1.82) is 0 Å². The topological polar surface area (TPSA) is 80.9 Å². The van der Waals surface area contributed by atoms with Crippen molar-refractivity contribution in [3.63, 3.8) is 0 Å². The SMILES string of the molecule is CCC(C)(c1ccc(O)c(C)c1)c1ccc(O)c(C)c1.CCC(C)(c1ccc(O)cc1)c1ccc(O)cc1. The molecule has 0 heterocycles. The molecule has 0 bridgehead atoms. The van der Waals surface area contributed by atoms with Crippen molar-refractivity contribution < 1.29 is 20.4 Å². The van der Waals surface area contributed by atoms with Crippen molar-refractivity contribution in [2.75, 3.05) is 0 Å². The van der Waals surface area contributed by atoms with Gasteiger partial charge < -0.3 is 20.4 Å². The van der Waals surface area contributed by atoms with Crippen molar-refractivity contribution >= 4 is 0 Å². The van der Waals surface area contributed by atoms with Gasteiger partial charge in [0, 0.05) is 10.8 Å². The minimum atomic E-state index is -0.128. The van der Waals surface area contributed by atoms with Gasteiger partial charge in [-0.25, -0.2) is 0 Å². The third-order valence-electron chi connectivity index (χ3n) is 8.09. The maximum atomic E-state index is 9.70. The summed E-state index contributed by atoms with van der Waals surface area (Å²) in [5.41, 5.74) is 6.22. The van der Waals surface area contributed by atoms with Gasteiger partial charge in [-0.2, -0.15) is 0 Å². The zero-order valence-corrected chi connectivity index (χ0v) is 23.3. The van der Waals surface area contributed by atoms with Crippen LogP contribution in [-0.4, -0.2) is 20.4 Å². The average molecular weight is 513 g/mol. The minimum absolute atomic E-state index is 0.110. The fourth-order valence-corrected chi connectivity index (χ4v) is 4.81. The Morgan fingerprint density at radius 2 is 0.763 bits per heavy atom. The molecule has 0 aliphatic heterocycles. The van der Waals surface area contributed by atoms with E-state index in [0.717, 1.165) is 35.1 Å². The molecule has 0 amide bonds. The van der Waals surface area contributed by atoms with Crippen LogP contribution in [0.5, 0.6) is 23.0 Å². The first-order chi connectivity index (χ1) is 17.9. The Bertz CT molecular complexity index is 1260. The van der Waals surface area contributed by atoms with Crippen LogP contribution in [0, 0.1) is 13.8 Å². The molecule has 4 nitrogen and oxygen atoms in total. The summed E-state index contributed by atoms with van der Waals surface area (Å²) in [7, 11) is 0. The van der Waals surface area contributed by atoms with Crippen LogP contribution in [0.15, 0.2) is 84.9 Å². The van der Waals surface area contributed by atoms with Gasteiger partial charge >= 0.3 is 0 Å². The van der Waals surface area contributed by atoms with Crippen LogP contribution in [0.3, 0.4) is 0 Å². The van der Waals surface area contributed by atoms with Crippen LogP contribution >= 0.6 is 0 Å². The number of phenolic OH excluding ortho intramolecular Hbond substituents is 4. The highest BCUT2D eigenvalue weighted by molar-refractivity contribution is 5.47. The van der Waals surface area contributed by atoms with Crippen LogP contribution in [0.4, 0.5) is 0 Å². The maximum Gasteiger partial charge on any atom is 0.118 e. The predicted molar refractivity (Wildman–Crippen MR) is 155 cm³/mol. The van der Waals surface area contributed by atoms with Gasteiger partial charge in [0.05, 0.1) is 0 Å². The standard InChI is InChI=1S/C18H22O2.C16H18O2/c1-5-18(4,14-6-8-16(19)12(2)10-14)15-7-9-17(20)13(3)11-15;1-3-16(2,12-4-8-14(17)9-5-12)13-6-10-15(18)11-7-13/h6-11,19-20H,5H2,1-4H3;4-11,17-18H,3H2,1-2H3. The van der Waals surface area contributed by atoms with E-state index in [9.17, 15) is 20.4 Å². The molecule has 4 rings (SSSR count). The maximum absolute atomic E-state index is 9.70. The Labute approximate surface area is 226 Å². The zero-order valence-electron chi connectivity index (χ0n) is 23.3. The molecule has 4 N–H and O–H groups in total. The second-order valence-corrected chi connectivity index (χ2v) is 10.5. The smallest absolute Gasteiger partial charge is 0.118 e. The largest absolute Gasteiger partial charge is 0.508 e. The summed E-state index contributed by atoms with van der Waals surface area (Å²) >= 11 is 0. The molecule has 0 atom stereocenters. The Morgan fingerprint density at radius 1 is 0.474 bits per heavy atom. The fraction of sp³-hybridized carbons (Fsp3) is 0.294. The summed E-state index contributed by atoms with van der Waals surface area (Å²) in [6, 6.07) is 26.2. The van der Waals surface area contributed by atoms with E-state index in [1.165, 1.54) is 11.1 Å². The molecule has 0 radical (unpaired) electrons. The van der Waals surface area contributed by atoms with Gasteiger partial charge in [0.2, 0.25) is 0 Å². The van der Waals surface area contributed by atoms with E-state index >= 15 is 0 Å².